The van der Waals surface area contributed by atoms with Crippen LogP contribution in [-0.4, -0.2) is 53.6 Å². The van der Waals surface area contributed by atoms with Crippen LogP contribution in [0.5, 0.6) is 0 Å². The third kappa shape index (κ3) is 6.06. The first-order valence-corrected chi connectivity index (χ1v) is 11.1. The Bertz CT molecular complexity index is 1110. The number of nitrogens with zero attached hydrogens (tertiary/aromatic N) is 3. The Morgan fingerprint density at radius 2 is 1.94 bits per heavy atom. The number of hydrogen-bond acceptors (Lipinski definition) is 6. The predicted octanol–water partition coefficient (Wildman–Crippen LogP) is 2.15. The number of carbonyl (C=O) groups is 2. The van der Waals surface area contributed by atoms with Crippen molar-refractivity contribution in [3.8, 4) is 0 Å². The minimum Gasteiger partial charge on any atom is -0.380 e. The zero-order valence-corrected chi connectivity index (χ0v) is 18.6. The van der Waals surface area contributed by atoms with Crippen molar-refractivity contribution in [3.63, 3.8) is 0 Å². The van der Waals surface area contributed by atoms with Gasteiger partial charge in [0.15, 0.2) is 11.6 Å². The number of nitrogens with one attached hydrogen (secondary N) is 3. The summed E-state index contributed by atoms with van der Waals surface area (Å²) in [5, 5.41) is 7.67. The molecule has 186 valence electrons. The van der Waals surface area contributed by atoms with E-state index in [9.17, 15) is 27.2 Å². The third-order valence-electron chi connectivity index (χ3n) is 5.79. The molecule has 0 bridgehead atoms. The van der Waals surface area contributed by atoms with Crippen LogP contribution >= 0.6 is 0 Å². The summed E-state index contributed by atoms with van der Waals surface area (Å²) in [5.41, 5.74) is 1.29. The van der Waals surface area contributed by atoms with Gasteiger partial charge in [0.1, 0.15) is 18.4 Å². The molecular formula is C23H24F4N6O2. The molecule has 1 aromatic heterocycles. The van der Waals surface area contributed by atoms with Crippen LogP contribution in [0.2, 0.25) is 0 Å². The fourth-order valence-corrected chi connectivity index (χ4v) is 4.08. The first-order valence-electron chi connectivity index (χ1n) is 11.1. The highest BCUT2D eigenvalue weighted by Crippen LogP contribution is 2.29. The number of rotatable bonds is 7. The lowest BCUT2D eigenvalue weighted by Gasteiger charge is -2.26. The number of benzene rings is 1. The standard InChI is InChI=1S/C23H24F4N6O2/c24-16-12-29-19(15-9-17(28-11-15)21(34)30-10-14-5-2-1-3-6-14)32-20(16)33-8-4-7-18(33)22(35)31-13-23(25,26)27/h1-3,5-6,9,12,15,18,28H,4,7-8,10-11,13H2,(H,30,34)(H,31,35)/t15?,18-/m1/s1. The summed E-state index contributed by atoms with van der Waals surface area (Å²) >= 11 is 0. The maximum Gasteiger partial charge on any atom is 0.405 e. The molecule has 0 aliphatic carbocycles. The summed E-state index contributed by atoms with van der Waals surface area (Å²) in [6, 6.07) is 8.45. The molecule has 0 saturated carbocycles. The Balaban J connectivity index is 1.44. The molecule has 0 spiro atoms. The lowest BCUT2D eigenvalue weighted by atomic mass is 10.1. The van der Waals surface area contributed by atoms with Gasteiger partial charge in [0.05, 0.1) is 17.8 Å². The van der Waals surface area contributed by atoms with E-state index in [1.807, 2.05) is 35.6 Å². The van der Waals surface area contributed by atoms with Crippen molar-refractivity contribution < 1.29 is 27.2 Å². The predicted molar refractivity (Wildman–Crippen MR) is 119 cm³/mol. The van der Waals surface area contributed by atoms with Crippen LogP contribution in [0.15, 0.2) is 48.3 Å². The third-order valence-corrected chi connectivity index (χ3v) is 5.79. The average molecular weight is 492 g/mol. The van der Waals surface area contributed by atoms with Gasteiger partial charge in [-0.25, -0.2) is 14.4 Å². The fraction of sp³-hybridized carbons (Fsp3) is 0.391. The zero-order chi connectivity index (χ0) is 25.0. The maximum absolute atomic E-state index is 14.6. The molecule has 1 saturated heterocycles. The van der Waals surface area contributed by atoms with Crippen LogP contribution in [0.4, 0.5) is 23.4 Å². The highest BCUT2D eigenvalue weighted by molar-refractivity contribution is 5.93. The Labute approximate surface area is 198 Å². The number of carbonyl (C=O) groups excluding carboxylic acids is 2. The highest BCUT2D eigenvalue weighted by atomic mass is 19.4. The Morgan fingerprint density at radius 1 is 1.17 bits per heavy atom. The monoisotopic (exact) mass is 492 g/mol. The molecule has 8 nitrogen and oxygen atoms in total. The number of halogens is 4. The average Bonchev–Trinajstić information content (AvgIpc) is 3.52. The minimum absolute atomic E-state index is 0.143. The van der Waals surface area contributed by atoms with E-state index in [2.05, 4.69) is 20.6 Å². The normalized spacial score (nSPS) is 19.8. The van der Waals surface area contributed by atoms with E-state index in [0.29, 0.717) is 25.2 Å². The molecule has 4 rings (SSSR count). The molecule has 2 amide bonds. The largest absolute Gasteiger partial charge is 0.405 e. The molecular weight excluding hydrogens is 468 g/mol. The molecule has 2 aliphatic rings. The van der Waals surface area contributed by atoms with Crippen molar-refractivity contribution in [1.82, 2.24) is 25.9 Å². The van der Waals surface area contributed by atoms with E-state index in [-0.39, 0.29) is 30.5 Å². The van der Waals surface area contributed by atoms with E-state index in [1.165, 1.54) is 4.90 Å². The van der Waals surface area contributed by atoms with Gasteiger partial charge in [-0.3, -0.25) is 9.59 Å². The molecule has 1 aromatic carbocycles. The van der Waals surface area contributed by atoms with Gasteiger partial charge in [0.25, 0.3) is 5.91 Å². The zero-order valence-electron chi connectivity index (χ0n) is 18.6. The van der Waals surface area contributed by atoms with Crippen LogP contribution in [-0.2, 0) is 16.1 Å². The second-order valence-corrected chi connectivity index (χ2v) is 8.32. The van der Waals surface area contributed by atoms with E-state index in [1.54, 1.807) is 6.08 Å². The summed E-state index contributed by atoms with van der Waals surface area (Å²) < 4.78 is 52.1. The maximum atomic E-state index is 14.6. The van der Waals surface area contributed by atoms with E-state index < -0.39 is 36.4 Å². The number of hydrogen-bond donors (Lipinski definition) is 3. The summed E-state index contributed by atoms with van der Waals surface area (Å²) in [6.45, 7) is -0.521. The molecule has 3 heterocycles. The molecule has 0 radical (unpaired) electrons. The Hall–Kier alpha value is -3.70. The summed E-state index contributed by atoms with van der Waals surface area (Å²) in [4.78, 5) is 34.5. The molecule has 12 heteroatoms. The van der Waals surface area contributed by atoms with Gasteiger partial charge in [-0.1, -0.05) is 30.3 Å². The molecule has 3 N–H and O–H groups in total. The van der Waals surface area contributed by atoms with Gasteiger partial charge in [-0.15, -0.1) is 0 Å². The van der Waals surface area contributed by atoms with Crippen molar-refractivity contribution in [3.05, 3.63) is 65.5 Å². The van der Waals surface area contributed by atoms with E-state index in [0.717, 1.165) is 11.8 Å². The van der Waals surface area contributed by atoms with Gasteiger partial charge in [0, 0.05) is 19.6 Å². The van der Waals surface area contributed by atoms with Crippen molar-refractivity contribution in [2.24, 2.45) is 0 Å². The van der Waals surface area contributed by atoms with Crippen molar-refractivity contribution >= 4 is 17.6 Å². The lowest BCUT2D eigenvalue weighted by molar-refractivity contribution is -0.139. The SMILES string of the molecule is O=C(NCc1ccccc1)C1=CC(c2ncc(F)c(N3CCC[C@@H]3C(=O)NCC(F)(F)F)n2)CN1. The summed E-state index contributed by atoms with van der Waals surface area (Å²) in [6.07, 6.45) is -1.14. The molecule has 2 aliphatic heterocycles. The van der Waals surface area contributed by atoms with Gasteiger partial charge >= 0.3 is 6.18 Å². The second kappa shape index (κ2) is 10.3. The minimum atomic E-state index is -4.54. The van der Waals surface area contributed by atoms with E-state index in [4.69, 9.17) is 0 Å². The Kier molecular flexibility index (Phi) is 7.17. The smallest absolute Gasteiger partial charge is 0.380 e. The lowest BCUT2D eigenvalue weighted by Crippen LogP contribution is -2.46. The van der Waals surface area contributed by atoms with Gasteiger partial charge in [-0.05, 0) is 24.5 Å². The van der Waals surface area contributed by atoms with Crippen molar-refractivity contribution in [1.29, 1.82) is 0 Å². The molecule has 1 unspecified atom stereocenters. The first-order chi connectivity index (χ1) is 16.7. The van der Waals surface area contributed by atoms with Crippen molar-refractivity contribution in [2.75, 3.05) is 24.5 Å². The number of alkyl halides is 3. The van der Waals surface area contributed by atoms with Gasteiger partial charge < -0.3 is 20.9 Å². The molecule has 35 heavy (non-hydrogen) atoms. The van der Waals surface area contributed by atoms with Crippen LogP contribution in [0.3, 0.4) is 0 Å². The number of amides is 2. The fourth-order valence-electron chi connectivity index (χ4n) is 4.08. The summed E-state index contributed by atoms with van der Waals surface area (Å²) in [5.74, 6) is -2.25. The van der Waals surface area contributed by atoms with Crippen LogP contribution < -0.4 is 20.9 Å². The number of anilines is 1. The Morgan fingerprint density at radius 3 is 2.69 bits per heavy atom. The molecule has 2 aromatic rings. The second-order valence-electron chi connectivity index (χ2n) is 8.32. The van der Waals surface area contributed by atoms with Crippen molar-refractivity contribution in [2.45, 2.75) is 37.5 Å². The number of aromatic nitrogens is 2. The topological polar surface area (TPSA) is 99.2 Å². The molecule has 2 atom stereocenters. The quantitative estimate of drug-likeness (QED) is 0.513. The highest BCUT2D eigenvalue weighted by Gasteiger charge is 2.36. The van der Waals surface area contributed by atoms with Crippen LogP contribution in [0.25, 0.3) is 0 Å². The van der Waals surface area contributed by atoms with Gasteiger partial charge in [-0.2, -0.15) is 13.2 Å². The van der Waals surface area contributed by atoms with Crippen LogP contribution in [0.1, 0.15) is 30.1 Å². The van der Waals surface area contributed by atoms with Crippen LogP contribution in [0, 0.1) is 5.82 Å². The van der Waals surface area contributed by atoms with Gasteiger partial charge in [0.2, 0.25) is 5.91 Å². The van der Waals surface area contributed by atoms with E-state index >= 15 is 0 Å². The molecule has 1 fully saturated rings. The summed E-state index contributed by atoms with van der Waals surface area (Å²) in [7, 11) is 0. The first kappa shape index (κ1) is 24.4.